The molecule has 0 unspecified atom stereocenters. The number of aromatic nitrogens is 2. The summed E-state index contributed by atoms with van der Waals surface area (Å²) in [7, 11) is -3.52. The maximum Gasteiger partial charge on any atom is 0.243 e. The first-order valence-electron chi connectivity index (χ1n) is 12.3. The van der Waals surface area contributed by atoms with Crippen LogP contribution in [-0.2, 0) is 34.1 Å². The zero-order valence-electron chi connectivity index (χ0n) is 19.4. The van der Waals surface area contributed by atoms with E-state index in [9.17, 15) is 13.2 Å². The smallest absolute Gasteiger partial charge is 0.243 e. The fourth-order valence-electron chi connectivity index (χ4n) is 5.11. The van der Waals surface area contributed by atoms with Crippen LogP contribution in [0.2, 0.25) is 0 Å². The highest BCUT2D eigenvalue weighted by Crippen LogP contribution is 2.28. The summed E-state index contributed by atoms with van der Waals surface area (Å²) in [6, 6.07) is 13.5. The molecule has 0 atom stereocenters. The Kier molecular flexibility index (Phi) is 6.70. The molecule has 1 aliphatic heterocycles. The van der Waals surface area contributed by atoms with Crippen molar-refractivity contribution in [3.05, 3.63) is 59.4 Å². The van der Waals surface area contributed by atoms with Gasteiger partial charge in [-0.15, -0.1) is 0 Å². The van der Waals surface area contributed by atoms with Crippen LogP contribution < -0.4 is 5.32 Å². The molecule has 8 heteroatoms. The number of H-pyrrole nitrogens is 1. The van der Waals surface area contributed by atoms with Gasteiger partial charge < -0.3 is 10.3 Å². The summed E-state index contributed by atoms with van der Waals surface area (Å²) in [5, 5.41) is 3.03. The minimum atomic E-state index is -3.52. The summed E-state index contributed by atoms with van der Waals surface area (Å²) in [4.78, 5) is 20.9. The summed E-state index contributed by atoms with van der Waals surface area (Å²) in [5.41, 5.74) is 4.43. The lowest BCUT2D eigenvalue weighted by Crippen LogP contribution is -2.43. The lowest BCUT2D eigenvalue weighted by Gasteiger charge is -2.31. The van der Waals surface area contributed by atoms with Gasteiger partial charge in [0.15, 0.2) is 0 Å². The van der Waals surface area contributed by atoms with Crippen molar-refractivity contribution in [3.63, 3.8) is 0 Å². The SMILES string of the molecule is O=C(NCCCc1nc2ccccc2[nH]1)C1CCN(S(=O)(=O)c2ccc3c(c2)CCCC3)CC1. The van der Waals surface area contributed by atoms with Gasteiger partial charge >= 0.3 is 0 Å². The van der Waals surface area contributed by atoms with Gasteiger partial charge in [-0.1, -0.05) is 18.2 Å². The van der Waals surface area contributed by atoms with Crippen LogP contribution in [0.4, 0.5) is 0 Å². The van der Waals surface area contributed by atoms with E-state index in [2.05, 4.69) is 15.3 Å². The molecular weight excluding hydrogens is 448 g/mol. The van der Waals surface area contributed by atoms with Crippen LogP contribution in [0, 0.1) is 5.92 Å². The Balaban J connectivity index is 1.09. The summed E-state index contributed by atoms with van der Waals surface area (Å²) >= 11 is 0. The molecule has 34 heavy (non-hydrogen) atoms. The minimum Gasteiger partial charge on any atom is -0.356 e. The number of fused-ring (bicyclic) bond motifs is 2. The number of nitrogens with one attached hydrogen (secondary N) is 2. The number of nitrogens with zero attached hydrogens (tertiary/aromatic N) is 2. The number of imidazole rings is 1. The average Bonchev–Trinajstić information content (AvgIpc) is 3.29. The molecule has 2 aliphatic rings. The van der Waals surface area contributed by atoms with Gasteiger partial charge in [0, 0.05) is 32.0 Å². The number of piperidine rings is 1. The molecule has 3 aromatic rings. The number of rotatable bonds is 7. The van der Waals surface area contributed by atoms with Crippen LogP contribution in [-0.4, -0.2) is 48.2 Å². The molecule has 2 heterocycles. The largest absolute Gasteiger partial charge is 0.356 e. The van der Waals surface area contributed by atoms with E-state index in [-0.39, 0.29) is 11.8 Å². The van der Waals surface area contributed by atoms with Gasteiger partial charge in [-0.3, -0.25) is 4.79 Å². The monoisotopic (exact) mass is 480 g/mol. The van der Waals surface area contributed by atoms with E-state index in [1.165, 1.54) is 17.5 Å². The van der Waals surface area contributed by atoms with E-state index in [1.807, 2.05) is 36.4 Å². The van der Waals surface area contributed by atoms with Crippen molar-refractivity contribution in [3.8, 4) is 0 Å². The predicted octanol–water partition coefficient (Wildman–Crippen LogP) is 3.59. The number of amides is 1. The predicted molar refractivity (Wildman–Crippen MR) is 132 cm³/mol. The van der Waals surface area contributed by atoms with Crippen LogP contribution >= 0.6 is 0 Å². The molecule has 0 spiro atoms. The highest BCUT2D eigenvalue weighted by atomic mass is 32.2. The van der Waals surface area contributed by atoms with Gasteiger partial charge in [0.05, 0.1) is 15.9 Å². The van der Waals surface area contributed by atoms with Crippen molar-refractivity contribution in [1.82, 2.24) is 19.6 Å². The Morgan fingerprint density at radius 1 is 1.06 bits per heavy atom. The molecule has 1 saturated heterocycles. The molecule has 1 aromatic heterocycles. The quantitative estimate of drug-likeness (QED) is 0.505. The van der Waals surface area contributed by atoms with Gasteiger partial charge in [-0.2, -0.15) is 4.31 Å². The van der Waals surface area contributed by atoms with Crippen LogP contribution in [0.1, 0.15) is 49.1 Å². The third-order valence-corrected chi connectivity index (χ3v) is 9.01. The Morgan fingerprint density at radius 2 is 1.82 bits per heavy atom. The second kappa shape index (κ2) is 9.88. The molecule has 0 radical (unpaired) electrons. The second-order valence-electron chi connectivity index (χ2n) is 9.41. The Bertz CT molecular complexity index is 1240. The summed E-state index contributed by atoms with van der Waals surface area (Å²) in [6.07, 6.45) is 6.97. The van der Waals surface area contributed by atoms with E-state index in [4.69, 9.17) is 0 Å². The van der Waals surface area contributed by atoms with Crippen LogP contribution in [0.5, 0.6) is 0 Å². The minimum absolute atomic E-state index is 0.0236. The molecule has 1 amide bonds. The lowest BCUT2D eigenvalue weighted by atomic mass is 9.92. The second-order valence-corrected chi connectivity index (χ2v) is 11.3. The molecule has 0 bridgehead atoms. The summed E-state index contributed by atoms with van der Waals surface area (Å²) in [6.45, 7) is 1.36. The molecule has 7 nitrogen and oxygen atoms in total. The fourth-order valence-corrected chi connectivity index (χ4v) is 6.63. The van der Waals surface area contributed by atoms with E-state index < -0.39 is 10.0 Å². The zero-order valence-corrected chi connectivity index (χ0v) is 20.2. The van der Waals surface area contributed by atoms with Crippen molar-refractivity contribution in [2.75, 3.05) is 19.6 Å². The molecule has 1 fully saturated rings. The van der Waals surface area contributed by atoms with Crippen molar-refractivity contribution in [2.24, 2.45) is 5.92 Å². The molecule has 2 N–H and O–H groups in total. The first-order valence-corrected chi connectivity index (χ1v) is 13.8. The Labute approximate surface area is 201 Å². The van der Waals surface area contributed by atoms with Gasteiger partial charge in [0.1, 0.15) is 5.82 Å². The zero-order chi connectivity index (χ0) is 23.5. The number of aryl methyl sites for hydroxylation is 3. The topological polar surface area (TPSA) is 95.2 Å². The first-order chi connectivity index (χ1) is 16.5. The lowest BCUT2D eigenvalue weighted by molar-refractivity contribution is -0.126. The summed E-state index contributed by atoms with van der Waals surface area (Å²) < 4.78 is 27.9. The van der Waals surface area contributed by atoms with E-state index >= 15 is 0 Å². The van der Waals surface area contributed by atoms with Gasteiger partial charge in [0.2, 0.25) is 15.9 Å². The van der Waals surface area contributed by atoms with Crippen molar-refractivity contribution >= 4 is 27.0 Å². The van der Waals surface area contributed by atoms with Gasteiger partial charge in [0.25, 0.3) is 0 Å². The standard InChI is InChI=1S/C26H32N4O3S/c31-26(27-15-5-10-25-28-23-8-3-4-9-24(23)29-25)20-13-16-30(17-14-20)34(32,33)22-12-11-19-6-1-2-7-21(19)18-22/h3-4,8-9,11-12,18,20H,1-2,5-7,10,13-17H2,(H,27,31)(H,28,29). The summed E-state index contributed by atoms with van der Waals surface area (Å²) in [5.74, 6) is 0.813. The highest BCUT2D eigenvalue weighted by Gasteiger charge is 2.32. The first kappa shape index (κ1) is 23.1. The van der Waals surface area contributed by atoms with E-state index in [1.54, 1.807) is 10.4 Å². The van der Waals surface area contributed by atoms with Crippen molar-refractivity contribution < 1.29 is 13.2 Å². The number of hydrogen-bond acceptors (Lipinski definition) is 4. The maximum atomic E-state index is 13.2. The van der Waals surface area contributed by atoms with Gasteiger partial charge in [-0.25, -0.2) is 13.4 Å². The Morgan fingerprint density at radius 3 is 2.62 bits per heavy atom. The number of hydrogen-bond donors (Lipinski definition) is 2. The van der Waals surface area contributed by atoms with Crippen molar-refractivity contribution in [2.45, 2.75) is 56.3 Å². The molecule has 5 rings (SSSR count). The Hall–Kier alpha value is -2.71. The molecule has 0 saturated carbocycles. The third-order valence-electron chi connectivity index (χ3n) is 7.11. The normalized spacial score (nSPS) is 17.5. The number of para-hydroxylation sites is 2. The number of carbonyl (C=O) groups excluding carboxylic acids is 1. The third kappa shape index (κ3) is 4.88. The van der Waals surface area contributed by atoms with Crippen LogP contribution in [0.25, 0.3) is 11.0 Å². The molecule has 180 valence electrons. The molecule has 1 aliphatic carbocycles. The fraction of sp³-hybridized carbons (Fsp3) is 0.462. The molecule has 2 aromatic carbocycles. The number of carbonyl (C=O) groups is 1. The number of sulfonamides is 1. The number of benzene rings is 2. The molecular formula is C26H32N4O3S. The maximum absolute atomic E-state index is 13.2. The van der Waals surface area contributed by atoms with Crippen molar-refractivity contribution in [1.29, 1.82) is 0 Å². The van der Waals surface area contributed by atoms with E-state index in [0.29, 0.717) is 37.4 Å². The number of aromatic amines is 1. The average molecular weight is 481 g/mol. The van der Waals surface area contributed by atoms with E-state index in [0.717, 1.165) is 49.0 Å². The highest BCUT2D eigenvalue weighted by molar-refractivity contribution is 7.89. The van der Waals surface area contributed by atoms with Crippen LogP contribution in [0.3, 0.4) is 0 Å². The van der Waals surface area contributed by atoms with Crippen LogP contribution in [0.15, 0.2) is 47.4 Å². The van der Waals surface area contributed by atoms with Gasteiger partial charge in [-0.05, 0) is 80.3 Å².